The second kappa shape index (κ2) is 11.5. The molecule has 1 aromatic carbocycles. The number of piperidine rings is 1. The van der Waals surface area contributed by atoms with Crippen LogP contribution in [0.1, 0.15) is 32.3 Å². The van der Waals surface area contributed by atoms with E-state index in [0.29, 0.717) is 0 Å². The van der Waals surface area contributed by atoms with Crippen LogP contribution in [0, 0.1) is 0 Å². The maximum absolute atomic E-state index is 12.4. The first-order chi connectivity index (χ1) is 13.2. The van der Waals surface area contributed by atoms with Crippen molar-refractivity contribution >= 4 is 30.9 Å². The number of hydrogen-bond donors (Lipinski definition) is 1. The van der Waals surface area contributed by atoms with Gasteiger partial charge in [-0.1, -0.05) is 30.3 Å². The molecule has 1 aromatic rings. The summed E-state index contributed by atoms with van der Waals surface area (Å²) in [5, 5.41) is 0. The van der Waals surface area contributed by atoms with Crippen LogP contribution in [0.4, 0.5) is 4.79 Å². The molecular formula is C22H38Cl2N4O2. The maximum Gasteiger partial charge on any atom is 0.410 e. The third-order valence-electron chi connectivity index (χ3n) is 5.82. The molecule has 0 bridgehead atoms. The standard InChI is InChI=1S/C22H36N4O2.2ClH/c1-21(2,23)17-25-13-10-22(11-14-25)18-26(20(27)28-22)16-15-24(3)12-9-19-7-5-4-6-8-19;;/h4-8H,9-18,23H2,1-3H3;2*1H. The Balaban J connectivity index is 0.00000225. The summed E-state index contributed by atoms with van der Waals surface area (Å²) in [6, 6.07) is 10.5. The van der Waals surface area contributed by atoms with Crippen LogP contribution in [0.15, 0.2) is 30.3 Å². The number of carbonyl (C=O) groups excluding carboxylic acids is 1. The van der Waals surface area contributed by atoms with Crippen LogP contribution in [0.2, 0.25) is 0 Å². The Morgan fingerprint density at radius 1 is 1.13 bits per heavy atom. The number of likely N-dealkylation sites (N-methyl/N-ethyl adjacent to an activating group) is 1. The predicted molar refractivity (Wildman–Crippen MR) is 127 cm³/mol. The number of carbonyl (C=O) groups is 1. The van der Waals surface area contributed by atoms with Gasteiger partial charge in [-0.15, -0.1) is 24.8 Å². The Labute approximate surface area is 193 Å². The van der Waals surface area contributed by atoms with Crippen molar-refractivity contribution < 1.29 is 9.53 Å². The fraction of sp³-hybridized carbons (Fsp3) is 0.682. The van der Waals surface area contributed by atoms with Crippen molar-refractivity contribution in [2.75, 3.05) is 52.9 Å². The monoisotopic (exact) mass is 460 g/mol. The number of nitrogens with zero attached hydrogens (tertiary/aromatic N) is 3. The molecule has 172 valence electrons. The van der Waals surface area contributed by atoms with Gasteiger partial charge in [0.25, 0.3) is 0 Å². The molecule has 2 fully saturated rings. The molecule has 0 atom stereocenters. The average Bonchev–Trinajstić information content (AvgIpc) is 2.95. The van der Waals surface area contributed by atoms with Gasteiger partial charge in [-0.3, -0.25) is 0 Å². The highest BCUT2D eigenvalue weighted by Gasteiger charge is 2.46. The second-order valence-electron chi connectivity index (χ2n) is 9.28. The first-order valence-corrected chi connectivity index (χ1v) is 10.5. The highest BCUT2D eigenvalue weighted by Crippen LogP contribution is 2.33. The molecule has 0 radical (unpaired) electrons. The fourth-order valence-corrected chi connectivity index (χ4v) is 4.19. The molecule has 30 heavy (non-hydrogen) atoms. The molecule has 0 saturated carbocycles. The Morgan fingerprint density at radius 2 is 1.77 bits per heavy atom. The molecule has 2 N–H and O–H groups in total. The van der Waals surface area contributed by atoms with Crippen LogP contribution < -0.4 is 5.73 Å². The molecule has 1 amide bonds. The molecule has 1 spiro atoms. The van der Waals surface area contributed by atoms with Crippen molar-refractivity contribution in [3.8, 4) is 0 Å². The zero-order valence-electron chi connectivity index (χ0n) is 18.5. The SMILES string of the molecule is CN(CCc1ccccc1)CCN1CC2(CCN(CC(C)(C)N)CC2)OC1=O.Cl.Cl. The predicted octanol–water partition coefficient (Wildman–Crippen LogP) is 3.03. The van der Waals surface area contributed by atoms with E-state index in [1.807, 2.05) is 11.0 Å². The lowest BCUT2D eigenvalue weighted by molar-refractivity contribution is -0.00291. The van der Waals surface area contributed by atoms with E-state index in [1.165, 1.54) is 5.56 Å². The zero-order chi connectivity index (χ0) is 20.2. The highest BCUT2D eigenvalue weighted by molar-refractivity contribution is 5.85. The van der Waals surface area contributed by atoms with E-state index < -0.39 is 0 Å². The number of benzene rings is 1. The summed E-state index contributed by atoms with van der Waals surface area (Å²) in [6.45, 7) is 10.2. The van der Waals surface area contributed by atoms with Gasteiger partial charge in [-0.25, -0.2) is 4.79 Å². The van der Waals surface area contributed by atoms with Crippen molar-refractivity contribution in [1.82, 2.24) is 14.7 Å². The van der Waals surface area contributed by atoms with Gasteiger partial charge in [0, 0.05) is 57.6 Å². The average molecular weight is 461 g/mol. The lowest BCUT2D eigenvalue weighted by atomic mass is 9.90. The summed E-state index contributed by atoms with van der Waals surface area (Å²) in [5.41, 5.74) is 7.01. The highest BCUT2D eigenvalue weighted by atomic mass is 35.5. The smallest absolute Gasteiger partial charge is 0.410 e. The molecule has 8 heteroatoms. The Bertz CT molecular complexity index is 646. The summed E-state index contributed by atoms with van der Waals surface area (Å²) < 4.78 is 5.85. The topological polar surface area (TPSA) is 62.0 Å². The summed E-state index contributed by atoms with van der Waals surface area (Å²) in [4.78, 5) is 19.0. The van der Waals surface area contributed by atoms with Gasteiger partial charge >= 0.3 is 6.09 Å². The lowest BCUT2D eigenvalue weighted by Gasteiger charge is -2.39. The first-order valence-electron chi connectivity index (χ1n) is 10.5. The minimum Gasteiger partial charge on any atom is -0.441 e. The van der Waals surface area contributed by atoms with Crippen molar-refractivity contribution in [3.63, 3.8) is 0 Å². The van der Waals surface area contributed by atoms with E-state index in [0.717, 1.165) is 65.1 Å². The lowest BCUT2D eigenvalue weighted by Crippen LogP contribution is -2.52. The van der Waals surface area contributed by atoms with Gasteiger partial charge in [-0.05, 0) is 32.9 Å². The third-order valence-corrected chi connectivity index (χ3v) is 5.82. The normalized spacial score (nSPS) is 18.8. The van der Waals surface area contributed by atoms with Crippen LogP contribution in [-0.4, -0.2) is 84.8 Å². The molecule has 2 aliphatic heterocycles. The van der Waals surface area contributed by atoms with E-state index in [9.17, 15) is 4.79 Å². The van der Waals surface area contributed by atoms with Crippen LogP contribution in [0.25, 0.3) is 0 Å². The van der Waals surface area contributed by atoms with Crippen LogP contribution in [0.5, 0.6) is 0 Å². The summed E-state index contributed by atoms with van der Waals surface area (Å²) in [5.74, 6) is 0. The number of halogens is 2. The minimum atomic E-state index is -0.297. The van der Waals surface area contributed by atoms with Crippen LogP contribution in [-0.2, 0) is 11.2 Å². The van der Waals surface area contributed by atoms with Crippen molar-refractivity contribution in [3.05, 3.63) is 35.9 Å². The zero-order valence-corrected chi connectivity index (χ0v) is 20.1. The van der Waals surface area contributed by atoms with E-state index in [-0.39, 0.29) is 42.0 Å². The number of nitrogens with two attached hydrogens (primary N) is 1. The van der Waals surface area contributed by atoms with Crippen molar-refractivity contribution in [1.29, 1.82) is 0 Å². The summed E-state index contributed by atoms with van der Waals surface area (Å²) in [7, 11) is 2.12. The van der Waals surface area contributed by atoms with Crippen molar-refractivity contribution in [2.24, 2.45) is 5.73 Å². The van der Waals surface area contributed by atoms with Gasteiger partial charge in [0.15, 0.2) is 0 Å². The first kappa shape index (κ1) is 27.0. The Morgan fingerprint density at radius 3 is 2.37 bits per heavy atom. The number of likely N-dealkylation sites (tertiary alicyclic amines) is 1. The molecular weight excluding hydrogens is 423 g/mol. The van der Waals surface area contributed by atoms with E-state index in [1.54, 1.807) is 0 Å². The van der Waals surface area contributed by atoms with Gasteiger partial charge in [0.1, 0.15) is 5.60 Å². The molecule has 0 aliphatic carbocycles. The molecule has 2 heterocycles. The molecule has 0 unspecified atom stereocenters. The largest absolute Gasteiger partial charge is 0.441 e. The maximum atomic E-state index is 12.4. The summed E-state index contributed by atoms with van der Waals surface area (Å²) >= 11 is 0. The summed E-state index contributed by atoms with van der Waals surface area (Å²) in [6.07, 6.45) is 2.67. The second-order valence-corrected chi connectivity index (χ2v) is 9.28. The Kier molecular flexibility index (Phi) is 10.4. The third kappa shape index (κ3) is 7.89. The Hall–Kier alpha value is -1.05. The van der Waals surface area contributed by atoms with Crippen LogP contribution in [0.3, 0.4) is 0 Å². The quantitative estimate of drug-likeness (QED) is 0.645. The number of rotatable bonds is 8. The molecule has 3 rings (SSSR count). The number of hydrogen-bond acceptors (Lipinski definition) is 5. The van der Waals surface area contributed by atoms with Gasteiger partial charge in [0.2, 0.25) is 0 Å². The van der Waals surface area contributed by atoms with Gasteiger partial charge < -0.3 is 25.2 Å². The van der Waals surface area contributed by atoms with Crippen molar-refractivity contribution in [2.45, 2.75) is 44.2 Å². The van der Waals surface area contributed by atoms with Gasteiger partial charge in [-0.2, -0.15) is 0 Å². The number of ether oxygens (including phenoxy) is 1. The van der Waals surface area contributed by atoms with E-state index >= 15 is 0 Å². The van der Waals surface area contributed by atoms with E-state index in [4.69, 9.17) is 10.5 Å². The molecule has 6 nitrogen and oxygen atoms in total. The van der Waals surface area contributed by atoms with Gasteiger partial charge in [0.05, 0.1) is 6.54 Å². The van der Waals surface area contributed by atoms with E-state index in [2.05, 4.69) is 55.0 Å². The van der Waals surface area contributed by atoms with Crippen LogP contribution >= 0.6 is 24.8 Å². The fourth-order valence-electron chi connectivity index (χ4n) is 4.19. The minimum absolute atomic E-state index is 0. The molecule has 0 aromatic heterocycles. The number of amides is 1. The molecule has 2 saturated heterocycles. The molecule has 2 aliphatic rings.